The summed E-state index contributed by atoms with van der Waals surface area (Å²) in [4.78, 5) is 25.6. The number of piperidine rings is 1. The Hall–Kier alpha value is -2.70. The minimum atomic E-state index is -0.902. The van der Waals surface area contributed by atoms with Gasteiger partial charge in [0, 0.05) is 13.1 Å². The van der Waals surface area contributed by atoms with E-state index in [1.165, 1.54) is 0 Å². The second-order valence-electron chi connectivity index (χ2n) is 6.58. The smallest absolute Gasteiger partial charge is 0.311 e. The lowest BCUT2D eigenvalue weighted by Crippen LogP contribution is -2.48. The molecule has 0 saturated carbocycles. The Bertz CT molecular complexity index is 786. The molecule has 1 fully saturated rings. The molecule has 0 spiro atoms. The maximum atomic E-state index is 12.6. The molecule has 1 N–H and O–H groups in total. The van der Waals surface area contributed by atoms with Crippen molar-refractivity contribution in [3.05, 3.63) is 41.7 Å². The fourth-order valence-electron chi connectivity index (χ4n) is 3.01. The summed E-state index contributed by atoms with van der Waals surface area (Å²) in [5.74, 6) is -1.15. The molecule has 0 aliphatic carbocycles. The number of carbonyl (C=O) groups is 2. The highest BCUT2D eigenvalue weighted by Gasteiger charge is 2.40. The van der Waals surface area contributed by atoms with Crippen LogP contribution in [0.15, 0.2) is 30.5 Å². The van der Waals surface area contributed by atoms with Crippen molar-refractivity contribution in [3.63, 3.8) is 0 Å². The van der Waals surface area contributed by atoms with E-state index in [2.05, 4.69) is 10.3 Å². The van der Waals surface area contributed by atoms with Crippen LogP contribution in [0.2, 0.25) is 0 Å². The predicted molar refractivity (Wildman–Crippen MR) is 87.0 cm³/mol. The Balaban J connectivity index is 1.80. The molecule has 1 amide bonds. The van der Waals surface area contributed by atoms with Crippen LogP contribution in [-0.2, 0) is 4.79 Å². The Morgan fingerprint density at radius 2 is 2.12 bits per heavy atom. The van der Waals surface area contributed by atoms with E-state index in [-0.39, 0.29) is 18.1 Å². The summed E-state index contributed by atoms with van der Waals surface area (Å²) in [7, 11) is 0. The first kappa shape index (κ1) is 16.2. The van der Waals surface area contributed by atoms with Crippen molar-refractivity contribution >= 4 is 11.9 Å². The van der Waals surface area contributed by atoms with Crippen molar-refractivity contribution in [1.82, 2.24) is 19.9 Å². The number of aryl methyl sites for hydroxylation is 1. The molecule has 7 nitrogen and oxygen atoms in total. The fourth-order valence-corrected chi connectivity index (χ4v) is 3.01. The zero-order chi connectivity index (χ0) is 17.3. The number of aliphatic carboxylic acids is 1. The molecule has 7 heteroatoms. The molecule has 0 radical (unpaired) electrons. The molecule has 1 atom stereocenters. The van der Waals surface area contributed by atoms with Gasteiger partial charge in [0.2, 0.25) is 0 Å². The van der Waals surface area contributed by atoms with Gasteiger partial charge in [0.05, 0.1) is 17.3 Å². The normalized spacial score (nSPS) is 20.8. The first-order valence-electron chi connectivity index (χ1n) is 7.91. The van der Waals surface area contributed by atoms with Crippen LogP contribution in [-0.4, -0.2) is 50.0 Å². The number of nitrogens with zero attached hydrogens (tertiary/aromatic N) is 4. The SMILES string of the molecule is Cc1cccc(-n2cc(C(=O)N3CCCC(C)(C(=O)O)C3)nn2)c1. The van der Waals surface area contributed by atoms with E-state index in [9.17, 15) is 14.7 Å². The van der Waals surface area contributed by atoms with Gasteiger partial charge in [0.1, 0.15) is 0 Å². The number of hydrogen-bond acceptors (Lipinski definition) is 4. The lowest BCUT2D eigenvalue weighted by atomic mass is 9.82. The van der Waals surface area contributed by atoms with E-state index in [0.29, 0.717) is 19.4 Å². The van der Waals surface area contributed by atoms with Crippen molar-refractivity contribution in [1.29, 1.82) is 0 Å². The average molecular weight is 328 g/mol. The van der Waals surface area contributed by atoms with Crippen LogP contribution in [0, 0.1) is 12.3 Å². The first-order valence-corrected chi connectivity index (χ1v) is 7.91. The summed E-state index contributed by atoms with van der Waals surface area (Å²) in [5.41, 5.74) is 1.24. The average Bonchev–Trinajstić information content (AvgIpc) is 3.04. The molecule has 3 rings (SSSR count). The molecule has 1 aliphatic heterocycles. The lowest BCUT2D eigenvalue weighted by Gasteiger charge is -2.37. The second-order valence-corrected chi connectivity index (χ2v) is 6.58. The molecule has 2 aromatic rings. The molecule has 0 bridgehead atoms. The highest BCUT2D eigenvalue weighted by molar-refractivity contribution is 5.92. The van der Waals surface area contributed by atoms with Crippen molar-refractivity contribution in [2.45, 2.75) is 26.7 Å². The van der Waals surface area contributed by atoms with Crippen LogP contribution >= 0.6 is 0 Å². The van der Waals surface area contributed by atoms with Gasteiger partial charge in [0.25, 0.3) is 5.91 Å². The topological polar surface area (TPSA) is 88.3 Å². The van der Waals surface area contributed by atoms with Crippen LogP contribution < -0.4 is 0 Å². The summed E-state index contributed by atoms with van der Waals surface area (Å²) >= 11 is 0. The van der Waals surface area contributed by atoms with Crippen molar-refractivity contribution < 1.29 is 14.7 Å². The summed E-state index contributed by atoms with van der Waals surface area (Å²) in [6.07, 6.45) is 2.83. The van der Waals surface area contributed by atoms with Gasteiger partial charge in [-0.25, -0.2) is 4.68 Å². The number of carbonyl (C=O) groups excluding carboxylic acids is 1. The number of benzene rings is 1. The Morgan fingerprint density at radius 3 is 2.83 bits per heavy atom. The van der Waals surface area contributed by atoms with E-state index >= 15 is 0 Å². The molecule has 1 aromatic heterocycles. The van der Waals surface area contributed by atoms with Gasteiger partial charge >= 0.3 is 5.97 Å². The molecule has 2 heterocycles. The van der Waals surface area contributed by atoms with Gasteiger partial charge in [-0.05, 0) is 44.4 Å². The highest BCUT2D eigenvalue weighted by Crippen LogP contribution is 2.30. The van der Waals surface area contributed by atoms with E-state index in [4.69, 9.17) is 0 Å². The van der Waals surface area contributed by atoms with Crippen molar-refractivity contribution in [3.8, 4) is 5.69 Å². The van der Waals surface area contributed by atoms with Gasteiger partial charge in [-0.2, -0.15) is 0 Å². The van der Waals surface area contributed by atoms with Crippen LogP contribution in [0.25, 0.3) is 5.69 Å². The maximum Gasteiger partial charge on any atom is 0.311 e. The Labute approximate surface area is 139 Å². The number of likely N-dealkylation sites (tertiary alicyclic amines) is 1. The number of rotatable bonds is 3. The fraction of sp³-hybridized carbons (Fsp3) is 0.412. The zero-order valence-corrected chi connectivity index (χ0v) is 13.8. The summed E-state index contributed by atoms with van der Waals surface area (Å²) in [6, 6.07) is 7.73. The standard InChI is InChI=1S/C17H20N4O3/c1-12-5-3-6-13(9-12)21-10-14(18-19-21)15(22)20-8-4-7-17(2,11-20)16(23)24/h3,5-6,9-10H,4,7-8,11H2,1-2H3,(H,23,24). The Morgan fingerprint density at radius 1 is 1.33 bits per heavy atom. The molecule has 126 valence electrons. The maximum absolute atomic E-state index is 12.6. The third-order valence-electron chi connectivity index (χ3n) is 4.48. The zero-order valence-electron chi connectivity index (χ0n) is 13.8. The highest BCUT2D eigenvalue weighted by atomic mass is 16.4. The van der Waals surface area contributed by atoms with Crippen LogP contribution in [0.3, 0.4) is 0 Å². The van der Waals surface area contributed by atoms with Crippen LogP contribution in [0.5, 0.6) is 0 Å². The predicted octanol–water partition coefficient (Wildman–Crippen LogP) is 1.90. The third-order valence-corrected chi connectivity index (χ3v) is 4.48. The Kier molecular flexibility index (Phi) is 4.09. The monoisotopic (exact) mass is 328 g/mol. The van der Waals surface area contributed by atoms with E-state index in [1.54, 1.807) is 22.7 Å². The number of amides is 1. The minimum absolute atomic E-state index is 0.193. The second kappa shape index (κ2) is 6.07. The summed E-state index contributed by atoms with van der Waals surface area (Å²) in [5, 5.41) is 17.4. The quantitative estimate of drug-likeness (QED) is 0.929. The summed E-state index contributed by atoms with van der Waals surface area (Å²) in [6.45, 7) is 4.39. The van der Waals surface area contributed by atoms with E-state index in [1.807, 2.05) is 31.2 Å². The van der Waals surface area contributed by atoms with Gasteiger partial charge in [-0.1, -0.05) is 17.3 Å². The number of aromatic nitrogens is 3. The van der Waals surface area contributed by atoms with Crippen molar-refractivity contribution in [2.75, 3.05) is 13.1 Å². The lowest BCUT2D eigenvalue weighted by molar-refractivity contribution is -0.150. The minimum Gasteiger partial charge on any atom is -0.481 e. The van der Waals surface area contributed by atoms with Gasteiger partial charge < -0.3 is 10.0 Å². The van der Waals surface area contributed by atoms with Gasteiger partial charge in [0.15, 0.2) is 5.69 Å². The molecule has 1 saturated heterocycles. The molecule has 24 heavy (non-hydrogen) atoms. The van der Waals surface area contributed by atoms with Gasteiger partial charge in [-0.15, -0.1) is 5.10 Å². The number of carboxylic acid groups (broad SMARTS) is 1. The van der Waals surface area contributed by atoms with Crippen LogP contribution in [0.1, 0.15) is 35.8 Å². The first-order chi connectivity index (χ1) is 11.4. The molecule has 1 unspecified atom stereocenters. The van der Waals surface area contributed by atoms with Gasteiger partial charge in [-0.3, -0.25) is 9.59 Å². The van der Waals surface area contributed by atoms with Crippen molar-refractivity contribution in [2.24, 2.45) is 5.41 Å². The molecule has 1 aromatic carbocycles. The molecular weight excluding hydrogens is 308 g/mol. The largest absolute Gasteiger partial charge is 0.481 e. The van der Waals surface area contributed by atoms with Crippen LogP contribution in [0.4, 0.5) is 0 Å². The van der Waals surface area contributed by atoms with E-state index < -0.39 is 11.4 Å². The molecular formula is C17H20N4O3. The summed E-state index contributed by atoms with van der Waals surface area (Å²) < 4.78 is 1.56. The van der Waals surface area contributed by atoms with E-state index in [0.717, 1.165) is 11.3 Å². The number of hydrogen-bond donors (Lipinski definition) is 1. The molecule has 1 aliphatic rings. The number of carboxylic acids is 1. The third kappa shape index (κ3) is 3.02.